The van der Waals surface area contributed by atoms with Crippen molar-refractivity contribution in [2.75, 3.05) is 7.11 Å². The number of esters is 1. The van der Waals surface area contributed by atoms with Gasteiger partial charge >= 0.3 is 5.97 Å². The summed E-state index contributed by atoms with van der Waals surface area (Å²) in [5.41, 5.74) is 3.86. The van der Waals surface area contributed by atoms with E-state index in [1.54, 1.807) is 6.20 Å². The Hall–Kier alpha value is -2.20. The smallest absolute Gasteiger partial charge is 0.348 e. The molecule has 3 aromatic rings. The van der Waals surface area contributed by atoms with Gasteiger partial charge in [0.15, 0.2) is 0 Å². The maximum Gasteiger partial charge on any atom is 0.348 e. The highest BCUT2D eigenvalue weighted by Crippen LogP contribution is 2.36. The zero-order valence-corrected chi connectivity index (χ0v) is 12.0. The summed E-state index contributed by atoms with van der Waals surface area (Å²) in [6.07, 6.45) is 1.77. The van der Waals surface area contributed by atoms with Gasteiger partial charge in [-0.2, -0.15) is 0 Å². The van der Waals surface area contributed by atoms with Gasteiger partial charge in [0.05, 0.1) is 12.6 Å². The first-order valence-corrected chi connectivity index (χ1v) is 7.11. The van der Waals surface area contributed by atoms with Gasteiger partial charge in [0.2, 0.25) is 0 Å². The zero-order chi connectivity index (χ0) is 14.1. The minimum Gasteiger partial charge on any atom is -0.465 e. The second kappa shape index (κ2) is 5.06. The van der Waals surface area contributed by atoms with Crippen LogP contribution in [0.5, 0.6) is 0 Å². The van der Waals surface area contributed by atoms with Crippen molar-refractivity contribution in [1.29, 1.82) is 0 Å². The number of benzene rings is 1. The lowest BCUT2D eigenvalue weighted by molar-refractivity contribution is 0.0607. The molecular weight excluding hydrogens is 270 g/mol. The lowest BCUT2D eigenvalue weighted by Crippen LogP contribution is -2.00. The molecule has 0 amide bonds. The normalized spacial score (nSPS) is 10.7. The minimum absolute atomic E-state index is 0.300. The fourth-order valence-electron chi connectivity index (χ4n) is 2.33. The molecule has 3 rings (SSSR count). The average molecular weight is 283 g/mol. The van der Waals surface area contributed by atoms with Crippen LogP contribution in [0.25, 0.3) is 22.0 Å². The summed E-state index contributed by atoms with van der Waals surface area (Å²) in [6, 6.07) is 9.93. The van der Waals surface area contributed by atoms with Gasteiger partial charge in [0.1, 0.15) is 4.88 Å². The van der Waals surface area contributed by atoms with Crippen molar-refractivity contribution < 1.29 is 9.53 Å². The van der Waals surface area contributed by atoms with Crippen LogP contribution in [0.3, 0.4) is 0 Å². The lowest BCUT2D eigenvalue weighted by Gasteiger charge is -2.08. The maximum absolute atomic E-state index is 11.9. The van der Waals surface area contributed by atoms with Gasteiger partial charge in [-0.15, -0.1) is 11.3 Å². The summed E-state index contributed by atoms with van der Waals surface area (Å²) in [7, 11) is 1.41. The second-order valence-electron chi connectivity index (χ2n) is 4.50. The Kier molecular flexibility index (Phi) is 3.24. The fourth-order valence-corrected chi connectivity index (χ4v) is 3.31. The third kappa shape index (κ3) is 1.98. The van der Waals surface area contributed by atoms with Crippen molar-refractivity contribution in [3.05, 3.63) is 52.3 Å². The van der Waals surface area contributed by atoms with Crippen LogP contribution < -0.4 is 0 Å². The lowest BCUT2D eigenvalue weighted by atomic mass is 9.99. The number of aryl methyl sites for hydroxylation is 1. The van der Waals surface area contributed by atoms with E-state index in [2.05, 4.69) is 4.98 Å². The zero-order valence-electron chi connectivity index (χ0n) is 11.2. The molecule has 0 saturated carbocycles. The molecule has 0 unspecified atom stereocenters. The number of carbonyl (C=O) groups excluding carboxylic acids is 1. The van der Waals surface area contributed by atoms with Gasteiger partial charge in [0, 0.05) is 22.7 Å². The Morgan fingerprint density at radius 1 is 1.25 bits per heavy atom. The van der Waals surface area contributed by atoms with Crippen molar-refractivity contribution in [2.45, 2.75) is 6.92 Å². The standard InChI is InChI=1S/C16H13NO2S/c1-10-9-20-15(16(18)19-2)13(10)12-7-3-5-11-6-4-8-17-14(11)12/h3-9H,1-2H3. The predicted molar refractivity (Wildman–Crippen MR) is 81.1 cm³/mol. The molecule has 3 nitrogen and oxygen atoms in total. The van der Waals surface area contributed by atoms with Crippen LogP contribution in [0.15, 0.2) is 41.9 Å². The number of nitrogens with zero attached hydrogens (tertiary/aromatic N) is 1. The number of thiophene rings is 1. The molecule has 0 fully saturated rings. The van der Waals surface area contributed by atoms with Crippen molar-refractivity contribution in [3.8, 4) is 11.1 Å². The number of rotatable bonds is 2. The number of methoxy groups -OCH3 is 1. The quantitative estimate of drug-likeness (QED) is 0.666. The highest BCUT2D eigenvalue weighted by molar-refractivity contribution is 7.12. The molecule has 0 N–H and O–H groups in total. The van der Waals surface area contributed by atoms with Crippen LogP contribution in [0.4, 0.5) is 0 Å². The summed E-state index contributed by atoms with van der Waals surface area (Å²) in [4.78, 5) is 17.0. The van der Waals surface area contributed by atoms with E-state index in [9.17, 15) is 4.79 Å². The Labute approximate surface area is 120 Å². The number of carbonyl (C=O) groups is 1. The molecule has 2 aromatic heterocycles. The predicted octanol–water partition coefficient (Wildman–Crippen LogP) is 4.06. The first kappa shape index (κ1) is 12.8. The van der Waals surface area contributed by atoms with Gasteiger partial charge in [-0.1, -0.05) is 24.3 Å². The molecule has 20 heavy (non-hydrogen) atoms. The molecule has 0 aliphatic rings. The van der Waals surface area contributed by atoms with Gasteiger partial charge in [-0.25, -0.2) is 4.79 Å². The van der Waals surface area contributed by atoms with E-state index in [1.807, 2.05) is 42.6 Å². The van der Waals surface area contributed by atoms with Gasteiger partial charge < -0.3 is 4.74 Å². The van der Waals surface area contributed by atoms with Crippen LogP contribution >= 0.6 is 11.3 Å². The summed E-state index contributed by atoms with van der Waals surface area (Å²) in [6.45, 7) is 2.00. The van der Waals surface area contributed by atoms with E-state index in [4.69, 9.17) is 4.74 Å². The molecule has 0 aliphatic heterocycles. The molecule has 100 valence electrons. The van der Waals surface area contributed by atoms with Crippen LogP contribution in [0.2, 0.25) is 0 Å². The Balaban J connectivity index is 2.31. The van der Waals surface area contributed by atoms with Gasteiger partial charge in [0.25, 0.3) is 0 Å². The molecule has 0 bridgehead atoms. The largest absolute Gasteiger partial charge is 0.465 e. The summed E-state index contributed by atoms with van der Waals surface area (Å²) in [5, 5.41) is 3.04. The molecule has 2 heterocycles. The van der Waals surface area contributed by atoms with Crippen molar-refractivity contribution in [1.82, 2.24) is 4.98 Å². The van der Waals surface area contributed by atoms with Gasteiger partial charge in [-0.3, -0.25) is 4.98 Å². The third-order valence-electron chi connectivity index (χ3n) is 3.25. The number of aromatic nitrogens is 1. The molecule has 0 saturated heterocycles. The number of hydrogen-bond acceptors (Lipinski definition) is 4. The SMILES string of the molecule is COC(=O)c1scc(C)c1-c1cccc2cccnc12. The summed E-state index contributed by atoms with van der Waals surface area (Å²) in [5.74, 6) is -0.300. The van der Waals surface area contributed by atoms with Crippen LogP contribution in [-0.4, -0.2) is 18.1 Å². The molecule has 0 atom stereocenters. The van der Waals surface area contributed by atoms with Crippen LogP contribution in [0.1, 0.15) is 15.2 Å². The molecule has 1 aromatic carbocycles. The number of pyridine rings is 1. The maximum atomic E-state index is 11.9. The van der Waals surface area contributed by atoms with Crippen molar-refractivity contribution in [3.63, 3.8) is 0 Å². The number of ether oxygens (including phenoxy) is 1. The number of fused-ring (bicyclic) bond motifs is 1. The second-order valence-corrected chi connectivity index (χ2v) is 5.37. The fraction of sp³-hybridized carbons (Fsp3) is 0.125. The summed E-state index contributed by atoms with van der Waals surface area (Å²) < 4.78 is 4.87. The average Bonchev–Trinajstić information content (AvgIpc) is 2.87. The Bertz CT molecular complexity index is 787. The number of para-hydroxylation sites is 1. The van der Waals surface area contributed by atoms with Crippen molar-refractivity contribution in [2.24, 2.45) is 0 Å². The molecule has 0 aliphatic carbocycles. The van der Waals surface area contributed by atoms with Gasteiger partial charge in [-0.05, 0) is 23.9 Å². The molecule has 0 spiro atoms. The Morgan fingerprint density at radius 3 is 2.85 bits per heavy atom. The number of hydrogen-bond donors (Lipinski definition) is 0. The highest BCUT2D eigenvalue weighted by Gasteiger charge is 2.19. The topological polar surface area (TPSA) is 39.2 Å². The first-order chi connectivity index (χ1) is 9.72. The van der Waals surface area contributed by atoms with E-state index >= 15 is 0 Å². The highest BCUT2D eigenvalue weighted by atomic mass is 32.1. The van der Waals surface area contributed by atoms with Crippen molar-refractivity contribution >= 4 is 28.2 Å². The van der Waals surface area contributed by atoms with E-state index in [0.29, 0.717) is 4.88 Å². The Morgan fingerprint density at radius 2 is 2.05 bits per heavy atom. The molecule has 4 heteroatoms. The van der Waals surface area contributed by atoms with E-state index in [-0.39, 0.29) is 5.97 Å². The van der Waals surface area contributed by atoms with Crippen LogP contribution in [0, 0.1) is 6.92 Å². The molecular formula is C16H13NO2S. The first-order valence-electron chi connectivity index (χ1n) is 6.23. The minimum atomic E-state index is -0.300. The monoisotopic (exact) mass is 283 g/mol. The van der Waals surface area contributed by atoms with E-state index in [0.717, 1.165) is 27.6 Å². The van der Waals surface area contributed by atoms with Crippen LogP contribution in [-0.2, 0) is 4.74 Å². The summed E-state index contributed by atoms with van der Waals surface area (Å²) >= 11 is 1.41. The van der Waals surface area contributed by atoms with E-state index in [1.165, 1.54) is 18.4 Å². The molecule has 0 radical (unpaired) electrons. The third-order valence-corrected chi connectivity index (χ3v) is 4.33. The van der Waals surface area contributed by atoms with E-state index < -0.39 is 0 Å².